The van der Waals surface area contributed by atoms with Crippen molar-refractivity contribution >= 4 is 11.6 Å². The molecular formula is C18H23ClNO2+. The van der Waals surface area contributed by atoms with Gasteiger partial charge in [0.25, 0.3) is 0 Å². The van der Waals surface area contributed by atoms with E-state index in [1.54, 1.807) is 0 Å². The maximum atomic E-state index is 9.29. The van der Waals surface area contributed by atoms with Crippen LogP contribution in [0.1, 0.15) is 25.0 Å². The quantitative estimate of drug-likeness (QED) is 0.824. The van der Waals surface area contributed by atoms with Crippen molar-refractivity contribution in [3.8, 4) is 5.75 Å². The minimum atomic E-state index is -0.166. The summed E-state index contributed by atoms with van der Waals surface area (Å²) in [7, 11) is 0. The second-order valence-corrected chi connectivity index (χ2v) is 6.55. The highest BCUT2D eigenvalue weighted by Gasteiger charge is 2.19. The van der Waals surface area contributed by atoms with E-state index >= 15 is 0 Å². The Morgan fingerprint density at radius 1 is 1.09 bits per heavy atom. The fraction of sp³-hybridized carbons (Fsp3) is 0.333. The topological polar surface area (TPSA) is 46.1 Å². The van der Waals surface area contributed by atoms with E-state index in [0.717, 1.165) is 22.9 Å². The number of ether oxygens (including phenoxy) is 1. The van der Waals surface area contributed by atoms with Crippen LogP contribution in [0.15, 0.2) is 48.5 Å². The largest absolute Gasteiger partial charge is 0.489 e. The molecule has 118 valence electrons. The van der Waals surface area contributed by atoms with Gasteiger partial charge in [0.2, 0.25) is 0 Å². The van der Waals surface area contributed by atoms with E-state index < -0.39 is 0 Å². The molecule has 3 N–H and O–H groups in total. The normalized spacial score (nSPS) is 11.5. The Labute approximate surface area is 136 Å². The Morgan fingerprint density at radius 3 is 2.50 bits per heavy atom. The third kappa shape index (κ3) is 5.34. The number of rotatable bonds is 7. The van der Waals surface area contributed by atoms with E-state index in [1.807, 2.05) is 56.3 Å². The molecule has 4 heteroatoms. The van der Waals surface area contributed by atoms with Crippen molar-refractivity contribution in [1.29, 1.82) is 0 Å². The molecule has 0 bridgehead atoms. The number of aliphatic hydroxyl groups excluding tert-OH is 1. The minimum absolute atomic E-state index is 0.153. The second-order valence-electron chi connectivity index (χ2n) is 6.12. The molecule has 22 heavy (non-hydrogen) atoms. The summed E-state index contributed by atoms with van der Waals surface area (Å²) in [5, 5.41) is 12.2. The van der Waals surface area contributed by atoms with Gasteiger partial charge in [-0.15, -0.1) is 0 Å². The van der Waals surface area contributed by atoms with Crippen LogP contribution >= 0.6 is 11.6 Å². The van der Waals surface area contributed by atoms with E-state index in [2.05, 4.69) is 11.4 Å². The van der Waals surface area contributed by atoms with Gasteiger partial charge in [-0.05, 0) is 43.7 Å². The molecule has 0 saturated heterocycles. The molecule has 3 nitrogen and oxygen atoms in total. The average Bonchev–Trinajstić information content (AvgIpc) is 2.53. The number of hydrogen-bond acceptors (Lipinski definition) is 2. The smallest absolute Gasteiger partial charge is 0.120 e. The zero-order chi connectivity index (χ0) is 16.0. The lowest BCUT2D eigenvalue weighted by atomic mass is 10.1. The van der Waals surface area contributed by atoms with Crippen LogP contribution in [0, 0.1) is 0 Å². The molecule has 0 aliphatic rings. The summed E-state index contributed by atoms with van der Waals surface area (Å²) in [4.78, 5) is 0. The number of nitrogens with two attached hydrogens (primary N) is 1. The maximum Gasteiger partial charge on any atom is 0.120 e. The zero-order valence-corrected chi connectivity index (χ0v) is 13.8. The standard InChI is InChI=1S/C18H22ClNO2/c1-18(2,13-21)20-11-15-4-3-5-17(10-15)22-12-14-6-8-16(19)9-7-14/h3-10,20-21H,11-13H2,1-2H3/p+1. The summed E-state index contributed by atoms with van der Waals surface area (Å²) >= 11 is 5.87. The highest BCUT2D eigenvalue weighted by atomic mass is 35.5. The maximum absolute atomic E-state index is 9.29. The number of benzene rings is 2. The van der Waals surface area contributed by atoms with Gasteiger partial charge in [0.1, 0.15) is 24.4 Å². The predicted octanol–water partition coefficient (Wildman–Crippen LogP) is 2.75. The van der Waals surface area contributed by atoms with Crippen molar-refractivity contribution in [2.45, 2.75) is 32.5 Å². The average molecular weight is 321 g/mol. The first kappa shape index (κ1) is 16.8. The zero-order valence-electron chi connectivity index (χ0n) is 13.1. The molecule has 0 aliphatic heterocycles. The molecule has 0 unspecified atom stereocenters. The Kier molecular flexibility index (Phi) is 5.83. The summed E-state index contributed by atoms with van der Waals surface area (Å²) in [6.07, 6.45) is 0. The Hall–Kier alpha value is -1.55. The molecule has 0 aromatic heterocycles. The third-order valence-electron chi connectivity index (χ3n) is 3.52. The fourth-order valence-corrected chi connectivity index (χ4v) is 2.09. The van der Waals surface area contributed by atoms with Crippen LogP contribution in [0.5, 0.6) is 5.75 Å². The summed E-state index contributed by atoms with van der Waals surface area (Å²) in [5.41, 5.74) is 2.10. The summed E-state index contributed by atoms with van der Waals surface area (Å²) in [6, 6.07) is 15.7. The molecule has 0 fully saturated rings. The predicted molar refractivity (Wildman–Crippen MR) is 89.0 cm³/mol. The lowest BCUT2D eigenvalue weighted by Gasteiger charge is -2.20. The fourth-order valence-electron chi connectivity index (χ4n) is 1.97. The monoisotopic (exact) mass is 320 g/mol. The molecule has 0 radical (unpaired) electrons. The van der Waals surface area contributed by atoms with Crippen LogP contribution in [0.2, 0.25) is 5.02 Å². The van der Waals surface area contributed by atoms with E-state index in [0.29, 0.717) is 6.61 Å². The van der Waals surface area contributed by atoms with Crippen LogP contribution in [-0.2, 0) is 13.2 Å². The molecular weight excluding hydrogens is 298 g/mol. The van der Waals surface area contributed by atoms with E-state index in [1.165, 1.54) is 5.56 Å². The molecule has 2 rings (SSSR count). The second kappa shape index (κ2) is 7.63. The van der Waals surface area contributed by atoms with Gasteiger partial charge in [-0.25, -0.2) is 0 Å². The van der Waals surface area contributed by atoms with Crippen molar-refractivity contribution in [3.05, 3.63) is 64.7 Å². The van der Waals surface area contributed by atoms with Gasteiger partial charge in [0, 0.05) is 10.6 Å². The highest BCUT2D eigenvalue weighted by molar-refractivity contribution is 6.30. The third-order valence-corrected chi connectivity index (χ3v) is 3.77. The van der Waals surface area contributed by atoms with Crippen molar-refractivity contribution < 1.29 is 15.2 Å². The van der Waals surface area contributed by atoms with Gasteiger partial charge >= 0.3 is 0 Å². The number of quaternary nitrogens is 1. The van der Waals surface area contributed by atoms with E-state index in [4.69, 9.17) is 16.3 Å². The summed E-state index contributed by atoms with van der Waals surface area (Å²) in [5.74, 6) is 0.850. The van der Waals surface area contributed by atoms with Crippen LogP contribution < -0.4 is 10.1 Å². The molecule has 0 heterocycles. The van der Waals surface area contributed by atoms with Gasteiger partial charge in [0.05, 0.1) is 6.61 Å². The molecule has 0 saturated carbocycles. The minimum Gasteiger partial charge on any atom is -0.489 e. The van der Waals surface area contributed by atoms with Crippen molar-refractivity contribution in [3.63, 3.8) is 0 Å². The highest BCUT2D eigenvalue weighted by Crippen LogP contribution is 2.16. The van der Waals surface area contributed by atoms with Gasteiger partial charge in [-0.2, -0.15) is 0 Å². The number of hydrogen-bond donors (Lipinski definition) is 2. The lowest BCUT2D eigenvalue weighted by Crippen LogP contribution is -2.95. The Balaban J connectivity index is 1.92. The lowest BCUT2D eigenvalue weighted by molar-refractivity contribution is -0.736. The van der Waals surface area contributed by atoms with Crippen LogP contribution in [0.4, 0.5) is 0 Å². The van der Waals surface area contributed by atoms with Gasteiger partial charge in [-0.1, -0.05) is 35.9 Å². The van der Waals surface area contributed by atoms with E-state index in [-0.39, 0.29) is 12.1 Å². The Bertz CT molecular complexity index is 596. The van der Waals surface area contributed by atoms with Crippen LogP contribution in [0.3, 0.4) is 0 Å². The number of aliphatic hydroxyl groups is 1. The number of halogens is 1. The van der Waals surface area contributed by atoms with Crippen LogP contribution in [-0.4, -0.2) is 17.3 Å². The molecule has 0 amide bonds. The molecule has 0 aliphatic carbocycles. The molecule has 0 spiro atoms. The molecule has 2 aromatic carbocycles. The first-order chi connectivity index (χ1) is 10.5. The van der Waals surface area contributed by atoms with Crippen LogP contribution in [0.25, 0.3) is 0 Å². The summed E-state index contributed by atoms with van der Waals surface area (Å²) < 4.78 is 5.82. The van der Waals surface area contributed by atoms with Gasteiger partial charge in [-0.3, -0.25) is 0 Å². The van der Waals surface area contributed by atoms with Gasteiger partial charge in [0.15, 0.2) is 0 Å². The van der Waals surface area contributed by atoms with Gasteiger partial charge < -0.3 is 15.2 Å². The van der Waals surface area contributed by atoms with Crippen molar-refractivity contribution in [1.82, 2.24) is 0 Å². The molecule has 2 aromatic rings. The van der Waals surface area contributed by atoms with Crippen molar-refractivity contribution in [2.75, 3.05) is 6.61 Å². The van der Waals surface area contributed by atoms with E-state index in [9.17, 15) is 5.11 Å². The first-order valence-corrected chi connectivity index (χ1v) is 7.78. The first-order valence-electron chi connectivity index (χ1n) is 7.40. The summed E-state index contributed by atoms with van der Waals surface area (Å²) in [6.45, 7) is 5.53. The Morgan fingerprint density at radius 2 is 1.82 bits per heavy atom. The SMILES string of the molecule is CC(C)(CO)[NH2+]Cc1cccc(OCc2ccc(Cl)cc2)c1. The molecule has 0 atom stereocenters. The van der Waals surface area contributed by atoms with Crippen molar-refractivity contribution in [2.24, 2.45) is 0 Å².